The molecule has 0 amide bonds. The van der Waals surface area contributed by atoms with Crippen molar-refractivity contribution in [2.24, 2.45) is 0 Å². The predicted octanol–water partition coefficient (Wildman–Crippen LogP) is 1.71. The van der Waals surface area contributed by atoms with Gasteiger partial charge in [-0.3, -0.25) is 14.7 Å². The largest absolute Gasteiger partial charge is 0.390 e. The van der Waals surface area contributed by atoms with Crippen molar-refractivity contribution in [2.45, 2.75) is 12.6 Å². The van der Waals surface area contributed by atoms with Crippen LogP contribution in [0.2, 0.25) is 0 Å². The molecular weight excluding hydrogens is 346 g/mol. The Morgan fingerprint density at radius 2 is 1.58 bits per heavy atom. The minimum absolute atomic E-state index is 0.263. The summed E-state index contributed by atoms with van der Waals surface area (Å²) in [7, 11) is 0. The Bertz CT molecular complexity index is 693. The van der Waals surface area contributed by atoms with Crippen LogP contribution in [0.15, 0.2) is 29.6 Å². The highest BCUT2D eigenvalue weighted by Gasteiger charge is 2.22. The molecular formula is C20H29N3O2S. The van der Waals surface area contributed by atoms with Gasteiger partial charge >= 0.3 is 0 Å². The number of piperazine rings is 1. The summed E-state index contributed by atoms with van der Waals surface area (Å²) in [4.78, 5) is 7.26. The quantitative estimate of drug-likeness (QED) is 0.832. The second-order valence-electron chi connectivity index (χ2n) is 7.40. The molecule has 0 aliphatic carbocycles. The lowest BCUT2D eigenvalue weighted by molar-refractivity contribution is 0.00220. The predicted molar refractivity (Wildman–Crippen MR) is 107 cm³/mol. The number of hydrogen-bond acceptors (Lipinski definition) is 6. The van der Waals surface area contributed by atoms with Gasteiger partial charge in [0.1, 0.15) is 0 Å². The molecule has 0 radical (unpaired) electrons. The molecule has 0 unspecified atom stereocenters. The SMILES string of the molecule is O[C@H](CN1CCOCC1)CN1CCN(Cc2csc3ccccc23)CC1. The first-order valence-corrected chi connectivity index (χ1v) is 10.5. The Labute approximate surface area is 159 Å². The van der Waals surface area contributed by atoms with Crippen molar-refractivity contribution < 1.29 is 9.84 Å². The molecule has 5 nitrogen and oxygen atoms in total. The van der Waals surface area contributed by atoms with Crippen molar-refractivity contribution in [1.82, 2.24) is 14.7 Å². The zero-order chi connectivity index (χ0) is 17.8. The van der Waals surface area contributed by atoms with Crippen molar-refractivity contribution in [3.05, 3.63) is 35.2 Å². The maximum atomic E-state index is 10.4. The molecule has 2 aromatic rings. The summed E-state index contributed by atoms with van der Waals surface area (Å²) >= 11 is 1.84. The van der Waals surface area contributed by atoms with Gasteiger partial charge in [-0.05, 0) is 22.4 Å². The number of nitrogens with zero attached hydrogens (tertiary/aromatic N) is 3. The highest BCUT2D eigenvalue weighted by molar-refractivity contribution is 7.17. The first kappa shape index (κ1) is 18.3. The van der Waals surface area contributed by atoms with E-state index < -0.39 is 0 Å². The Kier molecular flexibility index (Phi) is 6.20. The lowest BCUT2D eigenvalue weighted by Gasteiger charge is -2.36. The van der Waals surface area contributed by atoms with Crippen LogP contribution in [0.5, 0.6) is 0 Å². The number of benzene rings is 1. The summed E-state index contributed by atoms with van der Waals surface area (Å²) in [6, 6.07) is 8.69. The molecule has 2 aliphatic heterocycles. The minimum Gasteiger partial charge on any atom is -0.390 e. The van der Waals surface area contributed by atoms with E-state index in [2.05, 4.69) is 44.3 Å². The van der Waals surface area contributed by atoms with Crippen molar-refractivity contribution in [1.29, 1.82) is 0 Å². The molecule has 2 fully saturated rings. The van der Waals surface area contributed by atoms with Gasteiger partial charge in [-0.25, -0.2) is 0 Å². The third kappa shape index (κ3) is 4.63. The fourth-order valence-electron chi connectivity index (χ4n) is 3.96. The summed E-state index contributed by atoms with van der Waals surface area (Å²) in [5.41, 5.74) is 1.45. The van der Waals surface area contributed by atoms with Crippen LogP contribution < -0.4 is 0 Å². The molecule has 6 heteroatoms. The van der Waals surface area contributed by atoms with Gasteiger partial charge in [0, 0.05) is 63.6 Å². The van der Waals surface area contributed by atoms with Crippen molar-refractivity contribution in [2.75, 3.05) is 65.6 Å². The van der Waals surface area contributed by atoms with E-state index in [1.807, 2.05) is 11.3 Å². The fraction of sp³-hybridized carbons (Fsp3) is 0.600. The van der Waals surface area contributed by atoms with E-state index in [9.17, 15) is 5.11 Å². The zero-order valence-electron chi connectivity index (χ0n) is 15.3. The first-order chi connectivity index (χ1) is 12.8. The van der Waals surface area contributed by atoms with Crippen LogP contribution in [0, 0.1) is 0 Å². The standard InChI is InChI=1S/C20H29N3O2S/c24-18(15-23-9-11-25-12-10-23)14-22-7-5-21(6-8-22)13-17-16-26-20-4-2-1-3-19(17)20/h1-4,16,18,24H,5-15H2/t18-/m0/s1. The molecule has 1 atom stereocenters. The Morgan fingerprint density at radius 1 is 0.923 bits per heavy atom. The van der Waals surface area contributed by atoms with Crippen molar-refractivity contribution in [3.63, 3.8) is 0 Å². The van der Waals surface area contributed by atoms with Gasteiger partial charge in [0.25, 0.3) is 0 Å². The molecule has 1 aromatic heterocycles. The average Bonchev–Trinajstić information content (AvgIpc) is 3.07. The smallest absolute Gasteiger partial charge is 0.0793 e. The maximum Gasteiger partial charge on any atom is 0.0793 e. The molecule has 4 rings (SSSR count). The molecule has 142 valence electrons. The van der Waals surface area contributed by atoms with Crippen LogP contribution in [-0.4, -0.2) is 91.5 Å². The molecule has 2 saturated heterocycles. The molecule has 1 N–H and O–H groups in total. The fourth-order valence-corrected chi connectivity index (χ4v) is 4.92. The number of fused-ring (bicyclic) bond motifs is 1. The third-order valence-electron chi connectivity index (χ3n) is 5.46. The van der Waals surface area contributed by atoms with Gasteiger partial charge in [-0.1, -0.05) is 18.2 Å². The van der Waals surface area contributed by atoms with E-state index in [0.717, 1.165) is 72.1 Å². The maximum absolute atomic E-state index is 10.4. The molecule has 0 saturated carbocycles. The van der Waals surface area contributed by atoms with Crippen LogP contribution in [0.4, 0.5) is 0 Å². The van der Waals surface area contributed by atoms with Gasteiger partial charge in [0.2, 0.25) is 0 Å². The second-order valence-corrected chi connectivity index (χ2v) is 8.31. The number of aliphatic hydroxyl groups is 1. The van der Waals surface area contributed by atoms with E-state index in [1.54, 1.807) is 0 Å². The van der Waals surface area contributed by atoms with E-state index in [4.69, 9.17) is 4.74 Å². The van der Waals surface area contributed by atoms with Crippen LogP contribution in [0.3, 0.4) is 0 Å². The lowest BCUT2D eigenvalue weighted by Crippen LogP contribution is -2.50. The number of morpholine rings is 1. The summed E-state index contributed by atoms with van der Waals surface area (Å²) in [6.07, 6.45) is -0.263. The first-order valence-electron chi connectivity index (χ1n) is 9.66. The number of hydrogen-bond donors (Lipinski definition) is 1. The van der Waals surface area contributed by atoms with Gasteiger partial charge in [-0.15, -0.1) is 11.3 Å². The number of aliphatic hydroxyl groups excluding tert-OH is 1. The summed E-state index contributed by atoms with van der Waals surface area (Å²) in [6.45, 7) is 10.3. The van der Waals surface area contributed by atoms with Crippen LogP contribution in [0.25, 0.3) is 10.1 Å². The van der Waals surface area contributed by atoms with E-state index >= 15 is 0 Å². The highest BCUT2D eigenvalue weighted by Crippen LogP contribution is 2.26. The molecule has 0 spiro atoms. The van der Waals surface area contributed by atoms with Crippen LogP contribution >= 0.6 is 11.3 Å². The topological polar surface area (TPSA) is 39.2 Å². The number of ether oxygens (including phenoxy) is 1. The van der Waals surface area contributed by atoms with Crippen LogP contribution in [-0.2, 0) is 11.3 Å². The van der Waals surface area contributed by atoms with Gasteiger partial charge < -0.3 is 9.84 Å². The summed E-state index contributed by atoms with van der Waals surface area (Å²) in [5, 5.41) is 14.1. The zero-order valence-corrected chi connectivity index (χ0v) is 16.2. The second kappa shape index (κ2) is 8.78. The number of thiophene rings is 1. The Balaban J connectivity index is 1.22. The van der Waals surface area contributed by atoms with E-state index in [0.29, 0.717) is 0 Å². The van der Waals surface area contributed by atoms with Gasteiger partial charge in [0.05, 0.1) is 19.3 Å². The normalized spacial score (nSPS) is 22.0. The van der Waals surface area contributed by atoms with E-state index in [1.165, 1.54) is 15.6 Å². The Morgan fingerprint density at radius 3 is 2.35 bits per heavy atom. The van der Waals surface area contributed by atoms with E-state index in [-0.39, 0.29) is 6.10 Å². The summed E-state index contributed by atoms with van der Waals surface area (Å²) in [5.74, 6) is 0. The number of β-amino-alcohol motifs (C(OH)–C–C–N with tert-alkyl or cyclic N) is 1. The third-order valence-corrected chi connectivity index (χ3v) is 6.47. The lowest BCUT2D eigenvalue weighted by atomic mass is 10.1. The van der Waals surface area contributed by atoms with Crippen molar-refractivity contribution >= 4 is 21.4 Å². The molecule has 26 heavy (non-hydrogen) atoms. The summed E-state index contributed by atoms with van der Waals surface area (Å²) < 4.78 is 6.76. The van der Waals surface area contributed by atoms with Crippen molar-refractivity contribution in [3.8, 4) is 0 Å². The average molecular weight is 376 g/mol. The van der Waals surface area contributed by atoms with Gasteiger partial charge in [0.15, 0.2) is 0 Å². The number of rotatable bonds is 6. The molecule has 3 heterocycles. The molecule has 2 aliphatic rings. The van der Waals surface area contributed by atoms with Crippen LogP contribution in [0.1, 0.15) is 5.56 Å². The Hall–Kier alpha value is -1.02. The van der Waals surface area contributed by atoms with Gasteiger partial charge in [-0.2, -0.15) is 0 Å². The monoisotopic (exact) mass is 375 g/mol. The molecule has 0 bridgehead atoms. The highest BCUT2D eigenvalue weighted by atomic mass is 32.1. The minimum atomic E-state index is -0.263. The molecule has 1 aromatic carbocycles.